The van der Waals surface area contributed by atoms with E-state index in [1.807, 2.05) is 19.1 Å². The summed E-state index contributed by atoms with van der Waals surface area (Å²) in [6.07, 6.45) is 0. The maximum atomic E-state index is 13.0. The highest BCUT2D eigenvalue weighted by molar-refractivity contribution is 6.30. The number of halogens is 2. The van der Waals surface area contributed by atoms with Gasteiger partial charge in [-0.05, 0) is 36.2 Å². The van der Waals surface area contributed by atoms with Gasteiger partial charge in [0.25, 0.3) is 0 Å². The molecule has 0 aliphatic heterocycles. The maximum absolute atomic E-state index is 13.0. The van der Waals surface area contributed by atoms with Crippen LogP contribution in [0.25, 0.3) is 0 Å². The van der Waals surface area contributed by atoms with Crippen molar-refractivity contribution in [2.45, 2.75) is 13.5 Å². The van der Waals surface area contributed by atoms with Crippen LogP contribution in [0.2, 0.25) is 5.02 Å². The number of phenols is 1. The molecule has 2 aromatic carbocycles. The zero-order valence-electron chi connectivity index (χ0n) is 9.87. The molecule has 4 heteroatoms. The molecule has 0 heterocycles. The van der Waals surface area contributed by atoms with E-state index >= 15 is 0 Å². The first-order valence-electron chi connectivity index (χ1n) is 5.53. The second kappa shape index (κ2) is 5.27. The lowest BCUT2D eigenvalue weighted by Crippen LogP contribution is -1.99. The van der Waals surface area contributed by atoms with Crippen LogP contribution in [0.1, 0.15) is 11.1 Å². The van der Waals surface area contributed by atoms with Crippen LogP contribution in [0, 0.1) is 12.7 Å². The third-order valence-corrected chi connectivity index (χ3v) is 2.98. The van der Waals surface area contributed by atoms with Crippen molar-refractivity contribution >= 4 is 17.3 Å². The molecular weight excluding hydrogens is 253 g/mol. The summed E-state index contributed by atoms with van der Waals surface area (Å²) in [5.74, 6) is -0.175. The molecule has 0 saturated heterocycles. The zero-order chi connectivity index (χ0) is 13.1. The molecule has 2 rings (SSSR count). The molecule has 0 amide bonds. The van der Waals surface area contributed by atoms with Gasteiger partial charge in [-0.15, -0.1) is 0 Å². The third kappa shape index (κ3) is 2.93. The van der Waals surface area contributed by atoms with Crippen molar-refractivity contribution in [2.75, 3.05) is 5.32 Å². The molecule has 0 bridgehead atoms. The number of aryl methyl sites for hydroxylation is 1. The van der Waals surface area contributed by atoms with Crippen LogP contribution in [-0.2, 0) is 6.54 Å². The fraction of sp³-hybridized carbons (Fsp3) is 0.143. The monoisotopic (exact) mass is 265 g/mol. The van der Waals surface area contributed by atoms with Gasteiger partial charge in [0.15, 0.2) is 0 Å². The van der Waals surface area contributed by atoms with Crippen molar-refractivity contribution in [3.8, 4) is 5.75 Å². The largest absolute Gasteiger partial charge is 0.508 e. The van der Waals surface area contributed by atoms with Gasteiger partial charge in [-0.2, -0.15) is 0 Å². The van der Waals surface area contributed by atoms with E-state index in [0.29, 0.717) is 6.54 Å². The lowest BCUT2D eigenvalue weighted by molar-refractivity contribution is 0.471. The Morgan fingerprint density at radius 3 is 2.67 bits per heavy atom. The van der Waals surface area contributed by atoms with E-state index in [2.05, 4.69) is 5.32 Å². The second-order valence-electron chi connectivity index (χ2n) is 4.10. The molecule has 0 aliphatic rings. The summed E-state index contributed by atoms with van der Waals surface area (Å²) < 4.78 is 13.0. The Morgan fingerprint density at radius 1 is 1.22 bits per heavy atom. The van der Waals surface area contributed by atoms with Crippen LogP contribution < -0.4 is 5.32 Å². The average Bonchev–Trinajstić information content (AvgIpc) is 2.35. The van der Waals surface area contributed by atoms with E-state index in [9.17, 15) is 9.50 Å². The van der Waals surface area contributed by atoms with Gasteiger partial charge >= 0.3 is 0 Å². The third-order valence-electron chi connectivity index (χ3n) is 2.69. The first-order valence-corrected chi connectivity index (χ1v) is 5.91. The second-order valence-corrected chi connectivity index (χ2v) is 4.51. The van der Waals surface area contributed by atoms with Gasteiger partial charge in [0, 0.05) is 18.3 Å². The molecule has 0 unspecified atom stereocenters. The van der Waals surface area contributed by atoms with Gasteiger partial charge in [0.2, 0.25) is 0 Å². The molecule has 0 aromatic heterocycles. The van der Waals surface area contributed by atoms with Gasteiger partial charge in [-0.3, -0.25) is 0 Å². The zero-order valence-corrected chi connectivity index (χ0v) is 10.6. The van der Waals surface area contributed by atoms with Crippen LogP contribution in [0.5, 0.6) is 5.75 Å². The number of hydrogen-bond acceptors (Lipinski definition) is 2. The number of phenolic OH excluding ortho intramolecular Hbond substituents is 1. The summed E-state index contributed by atoms with van der Waals surface area (Å²) in [4.78, 5) is 0. The molecule has 94 valence electrons. The van der Waals surface area contributed by atoms with Gasteiger partial charge in [-0.25, -0.2) is 4.39 Å². The normalized spacial score (nSPS) is 10.4. The molecule has 2 nitrogen and oxygen atoms in total. The first-order chi connectivity index (χ1) is 8.56. The number of benzene rings is 2. The highest BCUT2D eigenvalue weighted by atomic mass is 35.5. The lowest BCUT2D eigenvalue weighted by atomic mass is 10.2. The summed E-state index contributed by atoms with van der Waals surface area (Å²) >= 11 is 5.70. The van der Waals surface area contributed by atoms with Gasteiger partial charge < -0.3 is 10.4 Å². The highest BCUT2D eigenvalue weighted by Crippen LogP contribution is 2.22. The van der Waals surface area contributed by atoms with Crippen molar-refractivity contribution in [1.82, 2.24) is 0 Å². The van der Waals surface area contributed by atoms with Crippen molar-refractivity contribution in [3.63, 3.8) is 0 Å². The van der Waals surface area contributed by atoms with E-state index in [-0.39, 0.29) is 10.8 Å². The molecular formula is C14H13ClFNO. The summed E-state index contributed by atoms with van der Waals surface area (Å²) in [7, 11) is 0. The predicted octanol–water partition coefficient (Wildman–Crippen LogP) is 4.11. The minimum absolute atomic E-state index is 0.112. The Balaban J connectivity index is 2.06. The van der Waals surface area contributed by atoms with Crippen LogP contribution in [0.4, 0.5) is 10.1 Å². The topological polar surface area (TPSA) is 32.3 Å². The SMILES string of the molecule is Cc1ccc(NCc2ccc(F)c(Cl)c2)cc1O. The molecule has 18 heavy (non-hydrogen) atoms. The van der Waals surface area contributed by atoms with Gasteiger partial charge in [0.05, 0.1) is 5.02 Å². The first kappa shape index (κ1) is 12.7. The van der Waals surface area contributed by atoms with Crippen molar-refractivity contribution in [1.29, 1.82) is 0 Å². The Labute approximate surface area is 110 Å². The van der Waals surface area contributed by atoms with Crippen molar-refractivity contribution in [3.05, 3.63) is 58.4 Å². The summed E-state index contributed by atoms with van der Waals surface area (Å²) in [6.45, 7) is 2.35. The number of rotatable bonds is 3. The molecule has 0 aliphatic carbocycles. The molecule has 0 fully saturated rings. The lowest BCUT2D eigenvalue weighted by Gasteiger charge is -2.08. The fourth-order valence-corrected chi connectivity index (χ4v) is 1.78. The summed E-state index contributed by atoms with van der Waals surface area (Å²) in [5.41, 5.74) is 2.50. The predicted molar refractivity (Wildman–Crippen MR) is 71.6 cm³/mol. The number of aromatic hydroxyl groups is 1. The van der Waals surface area contributed by atoms with E-state index in [0.717, 1.165) is 16.8 Å². The highest BCUT2D eigenvalue weighted by Gasteiger charge is 2.02. The number of hydrogen-bond donors (Lipinski definition) is 2. The van der Waals surface area contributed by atoms with Crippen LogP contribution in [0.3, 0.4) is 0 Å². The molecule has 2 N–H and O–H groups in total. The standard InChI is InChI=1S/C14H13ClFNO/c1-9-2-4-11(7-14(9)18)17-8-10-3-5-13(16)12(15)6-10/h2-7,17-18H,8H2,1H3. The maximum Gasteiger partial charge on any atom is 0.141 e. The smallest absolute Gasteiger partial charge is 0.141 e. The van der Waals surface area contributed by atoms with E-state index in [1.54, 1.807) is 18.2 Å². The van der Waals surface area contributed by atoms with Gasteiger partial charge in [0.1, 0.15) is 11.6 Å². The molecule has 0 saturated carbocycles. The Kier molecular flexibility index (Phi) is 3.72. The van der Waals surface area contributed by atoms with E-state index in [4.69, 9.17) is 11.6 Å². The minimum Gasteiger partial charge on any atom is -0.508 e. The molecule has 0 radical (unpaired) electrons. The van der Waals surface area contributed by atoms with E-state index in [1.165, 1.54) is 6.07 Å². The quantitative estimate of drug-likeness (QED) is 0.875. The van der Waals surface area contributed by atoms with Crippen LogP contribution in [-0.4, -0.2) is 5.11 Å². The molecule has 2 aromatic rings. The summed E-state index contributed by atoms with van der Waals surface area (Å²) in [6, 6.07) is 9.95. The van der Waals surface area contributed by atoms with Crippen LogP contribution in [0.15, 0.2) is 36.4 Å². The van der Waals surface area contributed by atoms with Crippen molar-refractivity contribution < 1.29 is 9.50 Å². The van der Waals surface area contributed by atoms with E-state index < -0.39 is 5.82 Å². The Bertz CT molecular complexity index is 520. The summed E-state index contributed by atoms with van der Waals surface area (Å²) in [5, 5.41) is 12.8. The minimum atomic E-state index is -0.423. The molecule has 0 spiro atoms. The number of anilines is 1. The van der Waals surface area contributed by atoms with Crippen LogP contribution >= 0.6 is 11.6 Å². The number of nitrogens with one attached hydrogen (secondary N) is 1. The van der Waals surface area contributed by atoms with Gasteiger partial charge in [-0.1, -0.05) is 23.7 Å². The Morgan fingerprint density at radius 2 is 2.00 bits per heavy atom. The fourth-order valence-electron chi connectivity index (χ4n) is 1.57. The average molecular weight is 266 g/mol. The van der Waals surface area contributed by atoms with Crippen molar-refractivity contribution in [2.24, 2.45) is 0 Å². The Hall–Kier alpha value is -1.74. The molecule has 0 atom stereocenters.